The topological polar surface area (TPSA) is 58.6 Å². The molecule has 2 amide bonds. The van der Waals surface area contributed by atoms with Gasteiger partial charge >= 0.3 is 6.18 Å². The van der Waals surface area contributed by atoms with Gasteiger partial charge in [0.05, 0.1) is 12.7 Å². The molecule has 1 aliphatic rings. The Bertz CT molecular complexity index is 1230. The van der Waals surface area contributed by atoms with Crippen LogP contribution in [0.4, 0.5) is 22.0 Å². The molecule has 3 aromatic rings. The molecule has 0 saturated carbocycles. The molecule has 1 fully saturated rings. The molecule has 0 radical (unpaired) electrons. The van der Waals surface area contributed by atoms with Crippen molar-refractivity contribution in [2.45, 2.75) is 33.0 Å². The number of carbonyl (C=O) groups excluding carboxylic acids is 2. The molecule has 1 saturated heterocycles. The summed E-state index contributed by atoms with van der Waals surface area (Å²) in [5.41, 5.74) is -0.718. The third-order valence-corrected chi connectivity index (χ3v) is 5.92. The minimum absolute atomic E-state index is 0.0739. The number of alkyl halides is 3. The Morgan fingerprint density at radius 3 is 2.17 bits per heavy atom. The van der Waals surface area contributed by atoms with Gasteiger partial charge in [0, 0.05) is 42.6 Å². The lowest BCUT2D eigenvalue weighted by Crippen LogP contribution is -2.31. The second-order valence-electron chi connectivity index (χ2n) is 8.57. The predicted octanol–water partition coefficient (Wildman–Crippen LogP) is 7.14. The number of methoxy groups -OCH3 is 1. The highest BCUT2D eigenvalue weighted by Crippen LogP contribution is 2.30. The van der Waals surface area contributed by atoms with Crippen molar-refractivity contribution in [3.8, 4) is 5.75 Å². The lowest BCUT2D eigenvalue weighted by atomic mass is 10.1. The second kappa shape index (κ2) is 15.2. The molecule has 40 heavy (non-hydrogen) atoms. The van der Waals surface area contributed by atoms with E-state index in [0.717, 1.165) is 11.6 Å². The van der Waals surface area contributed by atoms with Crippen molar-refractivity contribution < 1.29 is 36.3 Å². The predicted molar refractivity (Wildman–Crippen MR) is 143 cm³/mol. The normalized spacial score (nSPS) is 14.5. The standard InChI is InChI=1S/C21H20F4N2O3.C6H4ClF.C2H6/c1-30-18-4-2-13(3-5-18)11-27-12-14(6-19(27)28)10-26-20(29)15-7-16(21(23,24)25)9-17(22)8-15;7-5-1-3-6(8)4-2-5;1-2/h2-5,7-9,14H,6,10-12H2,1H3,(H,26,29);1-4H;1-2H3. The molecular formula is C29H30ClF5N2O3. The minimum atomic E-state index is -4.75. The summed E-state index contributed by atoms with van der Waals surface area (Å²) in [6.07, 6.45) is -4.54. The third-order valence-electron chi connectivity index (χ3n) is 5.67. The number of nitrogens with zero attached hydrogens (tertiary/aromatic N) is 1. The molecule has 0 aromatic heterocycles. The Morgan fingerprint density at radius 1 is 1.00 bits per heavy atom. The van der Waals surface area contributed by atoms with Crippen LogP contribution >= 0.6 is 11.6 Å². The summed E-state index contributed by atoms with van der Waals surface area (Å²) in [4.78, 5) is 26.1. The SMILES string of the molecule is CC.COc1ccc(CN2CC(CNC(=O)c3cc(F)cc(C(F)(F)F)c3)CC2=O)cc1.Fc1ccc(Cl)cc1. The first-order valence-electron chi connectivity index (χ1n) is 12.4. The molecule has 4 rings (SSSR count). The zero-order valence-corrected chi connectivity index (χ0v) is 23.0. The zero-order valence-electron chi connectivity index (χ0n) is 22.2. The van der Waals surface area contributed by atoms with Crippen LogP contribution in [0.15, 0.2) is 66.7 Å². The number of likely N-dealkylation sites (tertiary alicyclic amines) is 1. The highest BCUT2D eigenvalue weighted by atomic mass is 35.5. The summed E-state index contributed by atoms with van der Waals surface area (Å²) in [5, 5.41) is 3.06. The van der Waals surface area contributed by atoms with E-state index < -0.39 is 29.0 Å². The number of carbonyl (C=O) groups is 2. The first-order valence-corrected chi connectivity index (χ1v) is 12.8. The van der Waals surface area contributed by atoms with E-state index in [2.05, 4.69) is 5.32 Å². The van der Waals surface area contributed by atoms with Crippen LogP contribution < -0.4 is 10.1 Å². The first kappa shape index (κ1) is 32.6. The van der Waals surface area contributed by atoms with Crippen molar-refractivity contribution in [1.82, 2.24) is 10.2 Å². The first-order chi connectivity index (χ1) is 18.9. The van der Waals surface area contributed by atoms with Gasteiger partial charge in [0.1, 0.15) is 17.4 Å². The summed E-state index contributed by atoms with van der Waals surface area (Å²) < 4.78 is 69.0. The Labute approximate surface area is 234 Å². The van der Waals surface area contributed by atoms with Gasteiger partial charge in [-0.1, -0.05) is 37.6 Å². The Hall–Kier alpha value is -3.66. The molecule has 1 heterocycles. The molecule has 1 N–H and O–H groups in total. The number of nitrogens with one attached hydrogen (secondary N) is 1. The van der Waals surface area contributed by atoms with Gasteiger partial charge in [-0.15, -0.1) is 0 Å². The van der Waals surface area contributed by atoms with Crippen molar-refractivity contribution >= 4 is 23.4 Å². The highest BCUT2D eigenvalue weighted by molar-refractivity contribution is 6.30. The fraction of sp³-hybridized carbons (Fsp3) is 0.310. The number of rotatable bonds is 6. The number of benzene rings is 3. The van der Waals surface area contributed by atoms with Gasteiger partial charge in [0.2, 0.25) is 5.91 Å². The van der Waals surface area contributed by atoms with Crippen LogP contribution in [0.5, 0.6) is 5.75 Å². The van der Waals surface area contributed by atoms with E-state index >= 15 is 0 Å². The van der Waals surface area contributed by atoms with E-state index in [1.165, 1.54) is 24.3 Å². The van der Waals surface area contributed by atoms with E-state index in [9.17, 15) is 31.5 Å². The van der Waals surface area contributed by atoms with Crippen molar-refractivity contribution in [2.24, 2.45) is 5.92 Å². The fourth-order valence-corrected chi connectivity index (χ4v) is 3.87. The minimum Gasteiger partial charge on any atom is -0.497 e. The van der Waals surface area contributed by atoms with Gasteiger partial charge in [0.15, 0.2) is 0 Å². The van der Waals surface area contributed by atoms with Crippen LogP contribution in [0, 0.1) is 17.6 Å². The number of amides is 2. The van der Waals surface area contributed by atoms with Gasteiger partial charge in [0.25, 0.3) is 5.91 Å². The summed E-state index contributed by atoms with van der Waals surface area (Å²) in [6.45, 7) is 4.91. The lowest BCUT2D eigenvalue weighted by molar-refractivity contribution is -0.137. The molecule has 5 nitrogen and oxygen atoms in total. The Kier molecular flexibility index (Phi) is 12.4. The summed E-state index contributed by atoms with van der Waals surface area (Å²) in [7, 11) is 1.56. The van der Waals surface area contributed by atoms with Crippen LogP contribution in [0.2, 0.25) is 5.02 Å². The number of hydrogen-bond acceptors (Lipinski definition) is 3. The van der Waals surface area contributed by atoms with Crippen LogP contribution in [0.1, 0.15) is 41.8 Å². The maximum Gasteiger partial charge on any atom is 0.416 e. The number of ether oxygens (including phenoxy) is 1. The quantitative estimate of drug-likeness (QED) is 0.313. The van der Waals surface area contributed by atoms with Crippen molar-refractivity contribution in [3.05, 3.63) is 100 Å². The second-order valence-corrected chi connectivity index (χ2v) is 9.00. The third kappa shape index (κ3) is 10.1. The van der Waals surface area contributed by atoms with Crippen LogP contribution in [-0.4, -0.2) is 36.9 Å². The van der Waals surface area contributed by atoms with E-state index in [1.54, 1.807) is 24.1 Å². The Morgan fingerprint density at radius 2 is 1.62 bits per heavy atom. The Balaban J connectivity index is 0.000000475. The van der Waals surface area contributed by atoms with E-state index in [0.29, 0.717) is 36.0 Å². The summed E-state index contributed by atoms with van der Waals surface area (Å²) >= 11 is 5.44. The van der Waals surface area contributed by atoms with Crippen molar-refractivity contribution in [2.75, 3.05) is 20.2 Å². The fourth-order valence-electron chi connectivity index (χ4n) is 3.75. The molecular weight excluding hydrogens is 555 g/mol. The van der Waals surface area contributed by atoms with Gasteiger partial charge < -0.3 is 15.0 Å². The van der Waals surface area contributed by atoms with Crippen molar-refractivity contribution in [3.63, 3.8) is 0 Å². The van der Waals surface area contributed by atoms with Gasteiger partial charge in [-0.3, -0.25) is 9.59 Å². The molecule has 0 aliphatic carbocycles. The van der Waals surface area contributed by atoms with Crippen LogP contribution in [0.3, 0.4) is 0 Å². The highest BCUT2D eigenvalue weighted by Gasteiger charge is 2.33. The molecule has 1 atom stereocenters. The number of halogens is 6. The average molecular weight is 585 g/mol. The monoisotopic (exact) mass is 584 g/mol. The largest absolute Gasteiger partial charge is 0.497 e. The maximum absolute atomic E-state index is 13.5. The molecule has 11 heteroatoms. The molecule has 216 valence electrons. The summed E-state index contributed by atoms with van der Waals surface area (Å²) in [6, 6.07) is 14.6. The van der Waals surface area contributed by atoms with Crippen molar-refractivity contribution in [1.29, 1.82) is 0 Å². The average Bonchev–Trinajstić information content (AvgIpc) is 3.28. The lowest BCUT2D eigenvalue weighted by Gasteiger charge is -2.17. The van der Waals surface area contributed by atoms with Gasteiger partial charge in [-0.25, -0.2) is 8.78 Å². The molecule has 1 aliphatic heterocycles. The number of hydrogen-bond donors (Lipinski definition) is 1. The zero-order chi connectivity index (χ0) is 29.9. The maximum atomic E-state index is 13.5. The molecule has 0 bridgehead atoms. The van der Waals surface area contributed by atoms with Gasteiger partial charge in [-0.2, -0.15) is 13.2 Å². The van der Waals surface area contributed by atoms with Crippen LogP contribution in [-0.2, 0) is 17.5 Å². The molecule has 0 spiro atoms. The summed E-state index contributed by atoms with van der Waals surface area (Å²) in [5.74, 6) is -1.77. The smallest absolute Gasteiger partial charge is 0.416 e. The van der Waals surface area contributed by atoms with E-state index in [4.69, 9.17) is 16.3 Å². The molecule has 3 aromatic carbocycles. The van der Waals surface area contributed by atoms with Gasteiger partial charge in [-0.05, 0) is 60.2 Å². The van der Waals surface area contributed by atoms with E-state index in [-0.39, 0.29) is 30.6 Å². The van der Waals surface area contributed by atoms with Crippen LogP contribution in [0.25, 0.3) is 0 Å². The van der Waals surface area contributed by atoms with E-state index in [1.807, 2.05) is 26.0 Å². The molecule has 1 unspecified atom stereocenters.